The van der Waals surface area contributed by atoms with Crippen LogP contribution in [0.5, 0.6) is 0 Å². The number of carboxylic acid groups (broad SMARTS) is 1. The number of carboxylic acids is 1. The van der Waals surface area contributed by atoms with E-state index in [0.29, 0.717) is 25.9 Å². The first-order valence-electron chi connectivity index (χ1n) is 6.93. The van der Waals surface area contributed by atoms with E-state index in [-0.39, 0.29) is 11.8 Å². The smallest absolute Gasteiger partial charge is 0.325 e. The van der Waals surface area contributed by atoms with Crippen molar-refractivity contribution in [1.29, 1.82) is 0 Å². The SMILES string of the molecule is CSc1ccc([C@H](C(=O)O)N2CCC(C(N)=O)CC2)cc1. The number of aliphatic carboxylic acids is 1. The number of carbonyl (C=O) groups is 2. The molecule has 6 heteroatoms. The predicted molar refractivity (Wildman–Crippen MR) is 82.1 cm³/mol. The van der Waals surface area contributed by atoms with E-state index in [0.717, 1.165) is 10.5 Å². The average Bonchev–Trinajstić information content (AvgIpc) is 2.48. The highest BCUT2D eigenvalue weighted by Gasteiger charge is 2.32. The highest BCUT2D eigenvalue weighted by Crippen LogP contribution is 2.28. The number of amides is 1. The molecule has 0 aromatic heterocycles. The van der Waals surface area contributed by atoms with E-state index in [9.17, 15) is 14.7 Å². The van der Waals surface area contributed by atoms with Crippen molar-refractivity contribution in [3.8, 4) is 0 Å². The Bertz CT molecular complexity index is 510. The third kappa shape index (κ3) is 3.77. The van der Waals surface area contributed by atoms with E-state index in [1.165, 1.54) is 0 Å². The fraction of sp³-hybridized carbons (Fsp3) is 0.467. The topological polar surface area (TPSA) is 83.6 Å². The number of rotatable bonds is 5. The van der Waals surface area contributed by atoms with Crippen LogP contribution in [-0.2, 0) is 9.59 Å². The summed E-state index contributed by atoms with van der Waals surface area (Å²) in [5.74, 6) is -1.27. The van der Waals surface area contributed by atoms with Gasteiger partial charge >= 0.3 is 5.97 Å². The molecule has 0 radical (unpaired) electrons. The number of hydrogen-bond acceptors (Lipinski definition) is 4. The number of piperidine rings is 1. The summed E-state index contributed by atoms with van der Waals surface area (Å²) in [6.45, 7) is 1.16. The lowest BCUT2D eigenvalue weighted by molar-refractivity contribution is -0.144. The molecule has 1 saturated heterocycles. The summed E-state index contributed by atoms with van der Waals surface area (Å²) in [4.78, 5) is 25.8. The second kappa shape index (κ2) is 6.95. The molecule has 114 valence electrons. The van der Waals surface area contributed by atoms with Crippen LogP contribution < -0.4 is 5.73 Å². The Hall–Kier alpha value is -1.53. The van der Waals surface area contributed by atoms with Gasteiger partial charge in [0.2, 0.25) is 5.91 Å². The van der Waals surface area contributed by atoms with Crippen LogP contribution in [0.4, 0.5) is 0 Å². The standard InChI is InChI=1S/C15H20N2O3S/c1-21-12-4-2-10(3-5-12)13(15(19)20)17-8-6-11(7-9-17)14(16)18/h2-5,11,13H,6-9H2,1H3,(H2,16,18)(H,19,20)/t13-/m1/s1. The van der Waals surface area contributed by atoms with Gasteiger partial charge in [0, 0.05) is 23.9 Å². The Kier molecular flexibility index (Phi) is 5.25. The van der Waals surface area contributed by atoms with Crippen LogP contribution in [0, 0.1) is 5.92 Å². The van der Waals surface area contributed by atoms with E-state index in [1.807, 2.05) is 35.4 Å². The van der Waals surface area contributed by atoms with Gasteiger partial charge in [-0.05, 0) is 36.8 Å². The van der Waals surface area contributed by atoms with Gasteiger partial charge in [-0.3, -0.25) is 14.5 Å². The maximum Gasteiger partial charge on any atom is 0.325 e. The molecule has 1 aromatic rings. The maximum absolute atomic E-state index is 11.6. The largest absolute Gasteiger partial charge is 0.480 e. The highest BCUT2D eigenvalue weighted by molar-refractivity contribution is 7.98. The van der Waals surface area contributed by atoms with Gasteiger partial charge in [-0.25, -0.2) is 0 Å². The van der Waals surface area contributed by atoms with E-state index in [4.69, 9.17) is 5.73 Å². The normalized spacial score (nSPS) is 18.3. The number of thioether (sulfide) groups is 1. The summed E-state index contributed by atoms with van der Waals surface area (Å²) in [7, 11) is 0. The Morgan fingerprint density at radius 2 is 1.86 bits per heavy atom. The third-order valence-corrected chi connectivity index (χ3v) is 4.71. The van der Waals surface area contributed by atoms with Gasteiger partial charge in [0.25, 0.3) is 0 Å². The van der Waals surface area contributed by atoms with Crippen molar-refractivity contribution >= 4 is 23.6 Å². The molecule has 1 fully saturated rings. The van der Waals surface area contributed by atoms with Crippen LogP contribution in [0.1, 0.15) is 24.4 Å². The Morgan fingerprint density at radius 3 is 2.29 bits per heavy atom. The molecule has 1 heterocycles. The summed E-state index contributed by atoms with van der Waals surface area (Å²) < 4.78 is 0. The molecule has 1 atom stereocenters. The van der Waals surface area contributed by atoms with Crippen molar-refractivity contribution < 1.29 is 14.7 Å². The van der Waals surface area contributed by atoms with Crippen LogP contribution in [-0.4, -0.2) is 41.2 Å². The molecule has 1 aliphatic rings. The Balaban J connectivity index is 2.12. The van der Waals surface area contributed by atoms with Gasteiger partial charge < -0.3 is 10.8 Å². The Morgan fingerprint density at radius 1 is 1.29 bits per heavy atom. The van der Waals surface area contributed by atoms with Gasteiger partial charge in [-0.2, -0.15) is 0 Å². The van der Waals surface area contributed by atoms with Gasteiger partial charge in [0.15, 0.2) is 0 Å². The molecule has 21 heavy (non-hydrogen) atoms. The van der Waals surface area contributed by atoms with E-state index in [1.54, 1.807) is 11.8 Å². The number of likely N-dealkylation sites (tertiary alicyclic amines) is 1. The number of hydrogen-bond donors (Lipinski definition) is 2. The molecule has 0 unspecified atom stereocenters. The van der Waals surface area contributed by atoms with Gasteiger partial charge in [-0.1, -0.05) is 12.1 Å². The molecule has 0 saturated carbocycles. The first-order chi connectivity index (χ1) is 10.0. The van der Waals surface area contributed by atoms with E-state index < -0.39 is 12.0 Å². The number of carbonyl (C=O) groups excluding carboxylic acids is 1. The zero-order valence-corrected chi connectivity index (χ0v) is 12.8. The van der Waals surface area contributed by atoms with Crippen molar-refractivity contribution in [2.24, 2.45) is 11.7 Å². The first kappa shape index (κ1) is 15.9. The lowest BCUT2D eigenvalue weighted by atomic mass is 9.94. The quantitative estimate of drug-likeness (QED) is 0.809. The van der Waals surface area contributed by atoms with E-state index >= 15 is 0 Å². The zero-order valence-electron chi connectivity index (χ0n) is 12.0. The Labute approximate surface area is 128 Å². The number of nitrogens with two attached hydrogens (primary N) is 1. The maximum atomic E-state index is 11.6. The first-order valence-corrected chi connectivity index (χ1v) is 8.15. The lowest BCUT2D eigenvalue weighted by Gasteiger charge is -2.34. The van der Waals surface area contributed by atoms with Gasteiger partial charge in [0.1, 0.15) is 6.04 Å². The molecule has 1 amide bonds. The van der Waals surface area contributed by atoms with Crippen LogP contribution in [0.2, 0.25) is 0 Å². The monoisotopic (exact) mass is 308 g/mol. The van der Waals surface area contributed by atoms with Gasteiger partial charge in [0.05, 0.1) is 0 Å². The van der Waals surface area contributed by atoms with Crippen LogP contribution in [0.25, 0.3) is 0 Å². The molecule has 3 N–H and O–H groups in total. The summed E-state index contributed by atoms with van der Waals surface area (Å²) >= 11 is 1.62. The summed E-state index contributed by atoms with van der Waals surface area (Å²) in [5.41, 5.74) is 6.09. The summed E-state index contributed by atoms with van der Waals surface area (Å²) in [6, 6.07) is 6.95. The zero-order chi connectivity index (χ0) is 15.4. The van der Waals surface area contributed by atoms with E-state index in [2.05, 4.69) is 0 Å². The molecular formula is C15H20N2O3S. The minimum atomic E-state index is -0.857. The number of primary amides is 1. The number of nitrogens with zero attached hydrogens (tertiary/aromatic N) is 1. The molecule has 2 rings (SSSR count). The van der Waals surface area contributed by atoms with Crippen molar-refractivity contribution in [1.82, 2.24) is 4.90 Å². The van der Waals surface area contributed by atoms with Crippen LogP contribution >= 0.6 is 11.8 Å². The lowest BCUT2D eigenvalue weighted by Crippen LogP contribution is -2.42. The minimum Gasteiger partial charge on any atom is -0.480 e. The summed E-state index contributed by atoms with van der Waals surface area (Å²) in [6.07, 6.45) is 3.24. The molecule has 1 aromatic carbocycles. The molecule has 1 aliphatic heterocycles. The van der Waals surface area contributed by atoms with Crippen molar-refractivity contribution in [2.45, 2.75) is 23.8 Å². The molecule has 0 bridgehead atoms. The van der Waals surface area contributed by atoms with Crippen molar-refractivity contribution in [3.05, 3.63) is 29.8 Å². The second-order valence-corrected chi connectivity index (χ2v) is 6.11. The number of benzene rings is 1. The molecule has 0 aliphatic carbocycles. The molecule has 5 nitrogen and oxygen atoms in total. The van der Waals surface area contributed by atoms with Crippen molar-refractivity contribution in [2.75, 3.05) is 19.3 Å². The van der Waals surface area contributed by atoms with Crippen LogP contribution in [0.15, 0.2) is 29.2 Å². The highest BCUT2D eigenvalue weighted by atomic mass is 32.2. The third-order valence-electron chi connectivity index (χ3n) is 3.96. The molecular weight excluding hydrogens is 288 g/mol. The second-order valence-electron chi connectivity index (χ2n) is 5.23. The minimum absolute atomic E-state index is 0.130. The van der Waals surface area contributed by atoms with Gasteiger partial charge in [-0.15, -0.1) is 11.8 Å². The average molecular weight is 308 g/mol. The predicted octanol–water partition coefficient (Wildman–Crippen LogP) is 1.73. The fourth-order valence-electron chi connectivity index (χ4n) is 2.74. The molecule has 0 spiro atoms. The van der Waals surface area contributed by atoms with Crippen molar-refractivity contribution in [3.63, 3.8) is 0 Å². The summed E-state index contributed by atoms with van der Waals surface area (Å²) in [5, 5.41) is 9.54. The van der Waals surface area contributed by atoms with Crippen LogP contribution in [0.3, 0.4) is 0 Å². The fourth-order valence-corrected chi connectivity index (χ4v) is 3.15.